The van der Waals surface area contributed by atoms with Gasteiger partial charge in [-0.3, -0.25) is 9.59 Å². The monoisotopic (exact) mass is 747 g/mol. The molecule has 2 aliphatic heterocycles. The first kappa shape index (κ1) is 38.0. The highest BCUT2D eigenvalue weighted by Gasteiger charge is 2.62. The first-order chi connectivity index (χ1) is 25.3. The molecular formula is C38H49N7O7S. The number of hydrogen-bond acceptors (Lipinski definition) is 12. The summed E-state index contributed by atoms with van der Waals surface area (Å²) in [7, 11) is 1.30. The summed E-state index contributed by atoms with van der Waals surface area (Å²) in [4.78, 5) is 70.5. The summed E-state index contributed by atoms with van der Waals surface area (Å²) in [5, 5.41) is 10.9. The van der Waals surface area contributed by atoms with E-state index in [2.05, 4.69) is 16.0 Å². The molecule has 0 aromatic carbocycles. The van der Waals surface area contributed by atoms with Crippen molar-refractivity contribution in [1.82, 2.24) is 30.5 Å². The van der Waals surface area contributed by atoms with E-state index in [1.54, 1.807) is 20.8 Å². The normalized spacial score (nSPS) is 25.1. The van der Waals surface area contributed by atoms with E-state index in [-0.39, 0.29) is 24.9 Å². The van der Waals surface area contributed by atoms with Crippen LogP contribution in [0, 0.1) is 5.92 Å². The minimum atomic E-state index is -1.22. The van der Waals surface area contributed by atoms with Crippen molar-refractivity contribution >= 4 is 51.2 Å². The summed E-state index contributed by atoms with van der Waals surface area (Å²) in [6.07, 6.45) is 6.63. The van der Waals surface area contributed by atoms with E-state index in [1.165, 1.54) is 23.3 Å². The maximum absolute atomic E-state index is 14.5. The van der Waals surface area contributed by atoms with Gasteiger partial charge in [0.05, 0.1) is 19.2 Å². The van der Waals surface area contributed by atoms with Crippen molar-refractivity contribution in [2.45, 2.75) is 115 Å². The number of hydrogen-bond donors (Lipinski definition) is 3. The number of esters is 1. The molecule has 3 amide bonds. The van der Waals surface area contributed by atoms with Crippen LogP contribution < -0.4 is 20.7 Å². The number of rotatable bonds is 7. The molecule has 6 rings (SSSR count). The van der Waals surface area contributed by atoms with Crippen LogP contribution in [-0.2, 0) is 23.9 Å². The maximum Gasteiger partial charge on any atom is 0.408 e. The van der Waals surface area contributed by atoms with Crippen LogP contribution in [0.1, 0.15) is 79.6 Å². The molecule has 1 saturated carbocycles. The van der Waals surface area contributed by atoms with E-state index in [4.69, 9.17) is 29.2 Å². The molecule has 3 aromatic rings. The van der Waals surface area contributed by atoms with E-state index < -0.39 is 53.2 Å². The number of ether oxygens (including phenoxy) is 3. The van der Waals surface area contributed by atoms with Gasteiger partial charge in [0.15, 0.2) is 5.82 Å². The molecule has 1 saturated heterocycles. The number of aromatic nitrogens is 3. The molecular weight excluding hydrogens is 699 g/mol. The average Bonchev–Trinajstić information content (AvgIpc) is 3.39. The van der Waals surface area contributed by atoms with E-state index >= 15 is 0 Å². The zero-order valence-electron chi connectivity index (χ0n) is 31.1. The Balaban J connectivity index is 1.32. The van der Waals surface area contributed by atoms with Gasteiger partial charge in [-0.1, -0.05) is 31.1 Å². The highest BCUT2D eigenvalue weighted by Crippen LogP contribution is 2.46. The summed E-state index contributed by atoms with van der Waals surface area (Å²) < 4.78 is 18.0. The molecule has 0 unspecified atom stereocenters. The minimum absolute atomic E-state index is 0.0379. The van der Waals surface area contributed by atoms with Crippen molar-refractivity contribution in [2.24, 2.45) is 5.92 Å². The number of fused-ring (bicyclic) bond motifs is 3. The molecule has 3 N–H and O–H groups in total. The minimum Gasteiger partial charge on any atom is -0.471 e. The van der Waals surface area contributed by atoms with Crippen molar-refractivity contribution in [1.29, 1.82) is 0 Å². The lowest BCUT2D eigenvalue weighted by Gasteiger charge is -2.30. The van der Waals surface area contributed by atoms with Crippen LogP contribution >= 0.6 is 11.3 Å². The first-order valence-electron chi connectivity index (χ1n) is 18.3. The summed E-state index contributed by atoms with van der Waals surface area (Å²) in [6.45, 7) is 9.35. The number of anilines is 1. The molecule has 3 aromatic heterocycles. The highest BCUT2D eigenvalue weighted by molar-refractivity contribution is 7.17. The molecule has 15 heteroatoms. The molecule has 1 aliphatic carbocycles. The maximum atomic E-state index is 14.5. The molecule has 5 heterocycles. The predicted octanol–water partition coefficient (Wildman–Crippen LogP) is 5.38. The Morgan fingerprint density at radius 3 is 2.66 bits per heavy atom. The molecule has 3 aliphatic rings. The summed E-state index contributed by atoms with van der Waals surface area (Å²) in [5.41, 5.74) is -0.765. The lowest BCUT2D eigenvalue weighted by molar-refractivity contribution is -0.148. The quantitative estimate of drug-likeness (QED) is 0.209. The van der Waals surface area contributed by atoms with Gasteiger partial charge in [-0.15, -0.1) is 11.3 Å². The third kappa shape index (κ3) is 8.89. The third-order valence-electron chi connectivity index (χ3n) is 9.45. The van der Waals surface area contributed by atoms with Crippen LogP contribution in [0.3, 0.4) is 0 Å². The second-order valence-corrected chi connectivity index (χ2v) is 16.1. The van der Waals surface area contributed by atoms with Crippen molar-refractivity contribution in [3.8, 4) is 17.4 Å². The van der Waals surface area contributed by atoms with Gasteiger partial charge in [0.2, 0.25) is 17.7 Å². The van der Waals surface area contributed by atoms with Crippen LogP contribution in [0.4, 0.5) is 10.6 Å². The SMILES string of the molecule is COC(=O)[C@@]12C[C@H]1C=CCCCCC[C@H](NC(=O)OC(C)(C)C)C(=O)N1C[C@H](Oc3nc(-c4cccc(NC(C)C)n4)nc4ccsc34)C[C@H]1C(=O)N2. The Bertz CT molecular complexity index is 1870. The topological polar surface area (TPSA) is 174 Å². The molecule has 5 atom stereocenters. The zero-order chi connectivity index (χ0) is 37.9. The van der Waals surface area contributed by atoms with Crippen LogP contribution in [0.15, 0.2) is 41.8 Å². The fourth-order valence-electron chi connectivity index (χ4n) is 6.89. The number of carbonyl (C=O) groups is 4. The zero-order valence-corrected chi connectivity index (χ0v) is 32.0. The van der Waals surface area contributed by atoms with Gasteiger partial charge in [0.1, 0.15) is 45.5 Å². The second-order valence-electron chi connectivity index (χ2n) is 15.2. The van der Waals surface area contributed by atoms with Crippen molar-refractivity contribution in [3.63, 3.8) is 0 Å². The average molecular weight is 748 g/mol. The fourth-order valence-corrected chi connectivity index (χ4v) is 7.65. The smallest absolute Gasteiger partial charge is 0.408 e. The van der Waals surface area contributed by atoms with Crippen molar-refractivity contribution < 1.29 is 33.4 Å². The Morgan fingerprint density at radius 1 is 1.09 bits per heavy atom. The van der Waals surface area contributed by atoms with Gasteiger partial charge in [0.25, 0.3) is 0 Å². The van der Waals surface area contributed by atoms with Crippen molar-refractivity contribution in [3.05, 3.63) is 41.8 Å². The van der Waals surface area contributed by atoms with E-state index in [0.717, 1.165) is 19.3 Å². The number of methoxy groups -OCH3 is 1. The highest BCUT2D eigenvalue weighted by atomic mass is 32.1. The largest absolute Gasteiger partial charge is 0.471 e. The lowest BCUT2D eigenvalue weighted by Crippen LogP contribution is -2.56. The summed E-state index contributed by atoms with van der Waals surface area (Å²) in [6, 6.07) is 5.68. The molecule has 0 spiro atoms. The standard InChI is InChI=1S/C38H49N7O7S/c1-22(2)39-29-16-12-15-26(40-29)31-41-25-17-18-53-30(25)33(43-31)51-24-19-28-32(46)44-38(35(48)50-6)20-23(38)13-10-8-7-9-11-14-27(34(47)45(28)21-24)42-36(49)52-37(3,4)5/h10,12-13,15-18,22-24,27-28H,7-9,11,14,19-21H2,1-6H3,(H,39,40)(H,42,49)(H,44,46)/t23-,24-,27+,28+,38-/m1/s1. The number of carbonyl (C=O) groups excluding carboxylic acids is 4. The Morgan fingerprint density at radius 2 is 1.91 bits per heavy atom. The van der Waals surface area contributed by atoms with Gasteiger partial charge in [0, 0.05) is 18.4 Å². The third-order valence-corrected chi connectivity index (χ3v) is 10.3. The summed E-state index contributed by atoms with van der Waals surface area (Å²) in [5.74, 6) is -0.323. The molecule has 0 radical (unpaired) electrons. The molecule has 2 fully saturated rings. The van der Waals surface area contributed by atoms with Crippen LogP contribution in [-0.4, -0.2) is 92.8 Å². The molecule has 14 nitrogen and oxygen atoms in total. The number of pyridine rings is 1. The molecule has 53 heavy (non-hydrogen) atoms. The number of amides is 3. The van der Waals surface area contributed by atoms with E-state index in [1.807, 2.05) is 55.6 Å². The van der Waals surface area contributed by atoms with E-state index in [0.29, 0.717) is 52.7 Å². The summed E-state index contributed by atoms with van der Waals surface area (Å²) >= 11 is 1.42. The van der Waals surface area contributed by atoms with Gasteiger partial charge >= 0.3 is 12.1 Å². The predicted molar refractivity (Wildman–Crippen MR) is 200 cm³/mol. The van der Waals surface area contributed by atoms with Crippen LogP contribution in [0.5, 0.6) is 5.88 Å². The van der Waals surface area contributed by atoms with Gasteiger partial charge in [-0.2, -0.15) is 4.98 Å². The van der Waals surface area contributed by atoms with Gasteiger partial charge in [-0.05, 0) is 83.9 Å². The Labute approximate surface area is 313 Å². The first-order valence-corrected chi connectivity index (χ1v) is 19.2. The van der Waals surface area contributed by atoms with Crippen LogP contribution in [0.25, 0.3) is 21.7 Å². The van der Waals surface area contributed by atoms with Gasteiger partial charge < -0.3 is 35.1 Å². The number of allylic oxidation sites excluding steroid dienone is 1. The number of alkyl carbamates (subject to hydrolysis) is 1. The van der Waals surface area contributed by atoms with Gasteiger partial charge in [-0.25, -0.2) is 19.6 Å². The number of nitrogens with one attached hydrogen (secondary N) is 3. The lowest BCUT2D eigenvalue weighted by atomic mass is 10.0. The number of thiophene rings is 1. The Kier molecular flexibility index (Phi) is 11.2. The molecule has 284 valence electrons. The van der Waals surface area contributed by atoms with Crippen LogP contribution in [0.2, 0.25) is 0 Å². The molecule has 0 bridgehead atoms. The number of nitrogens with zero attached hydrogens (tertiary/aromatic N) is 4. The van der Waals surface area contributed by atoms with E-state index in [9.17, 15) is 19.2 Å². The fraction of sp³-hybridized carbons (Fsp3) is 0.553. The Hall–Kier alpha value is -4.79. The van der Waals surface area contributed by atoms with Crippen molar-refractivity contribution in [2.75, 3.05) is 19.0 Å². The second kappa shape index (κ2) is 15.7.